The van der Waals surface area contributed by atoms with E-state index in [1.165, 1.54) is 18.3 Å². The molecule has 1 aromatic heterocycles. The highest BCUT2D eigenvalue weighted by Crippen LogP contribution is 2.38. The lowest BCUT2D eigenvalue weighted by Gasteiger charge is -2.22. The van der Waals surface area contributed by atoms with Gasteiger partial charge in [0.15, 0.2) is 5.76 Å². The number of benzene rings is 2. The minimum atomic E-state index is -2.36. The van der Waals surface area contributed by atoms with Gasteiger partial charge in [0.2, 0.25) is 0 Å². The second kappa shape index (κ2) is 7.42. The van der Waals surface area contributed by atoms with Gasteiger partial charge in [0, 0.05) is 10.6 Å². The number of nitrogens with one attached hydrogen (secondary N) is 1. The Hall–Kier alpha value is -2.76. The zero-order chi connectivity index (χ0) is 17.7. The Morgan fingerprint density at radius 2 is 1.56 bits per heavy atom. The Kier molecular flexibility index (Phi) is 5.07. The molecule has 0 atom stereocenters. The molecular formula is C17H14N3O3PS. The summed E-state index contributed by atoms with van der Waals surface area (Å²) in [6, 6.07) is 22.2. The van der Waals surface area contributed by atoms with E-state index in [9.17, 15) is 10.1 Å². The van der Waals surface area contributed by atoms with E-state index in [1.807, 2.05) is 60.7 Å². The van der Waals surface area contributed by atoms with Crippen LogP contribution in [0.4, 0.5) is 5.88 Å². The molecule has 2 aromatic carbocycles. The molecule has 0 aliphatic heterocycles. The maximum atomic E-state index is 10.7. The molecule has 0 bridgehead atoms. The minimum Gasteiger partial charge on any atom is -0.400 e. The van der Waals surface area contributed by atoms with Crippen LogP contribution in [0, 0.1) is 10.1 Å². The first kappa shape index (κ1) is 17.1. The van der Waals surface area contributed by atoms with Gasteiger partial charge < -0.3 is 4.42 Å². The van der Waals surface area contributed by atoms with Crippen LogP contribution in [0.15, 0.2) is 82.3 Å². The number of furan rings is 1. The molecule has 126 valence electrons. The zero-order valence-corrected chi connectivity index (χ0v) is 14.7. The maximum absolute atomic E-state index is 10.7. The largest absolute Gasteiger partial charge is 0.433 e. The Morgan fingerprint density at radius 1 is 1.00 bits per heavy atom. The fourth-order valence-electron chi connectivity index (χ4n) is 2.22. The predicted molar refractivity (Wildman–Crippen MR) is 103 cm³/mol. The molecule has 0 amide bonds. The first-order valence-electron chi connectivity index (χ1n) is 7.35. The van der Waals surface area contributed by atoms with Gasteiger partial charge in [-0.15, -0.1) is 0 Å². The average Bonchev–Trinajstić information content (AvgIpc) is 3.12. The lowest BCUT2D eigenvalue weighted by molar-refractivity contribution is -0.402. The van der Waals surface area contributed by atoms with Crippen molar-refractivity contribution in [3.05, 3.63) is 88.7 Å². The summed E-state index contributed by atoms with van der Waals surface area (Å²) in [5, 5.41) is 19.9. The SMILES string of the molecule is O=[N+]([O-])c1ccc(/C=N/NP(=S)(c2ccccc2)c2ccccc2)o1. The molecule has 8 heteroatoms. The van der Waals surface area contributed by atoms with Gasteiger partial charge in [-0.2, -0.15) is 5.10 Å². The number of nitro groups is 1. The van der Waals surface area contributed by atoms with Gasteiger partial charge in [0.1, 0.15) is 11.1 Å². The van der Waals surface area contributed by atoms with Crippen molar-refractivity contribution in [1.82, 2.24) is 5.20 Å². The molecule has 0 aliphatic carbocycles. The molecule has 1 N–H and O–H groups in total. The van der Waals surface area contributed by atoms with Crippen molar-refractivity contribution in [3.63, 3.8) is 0 Å². The molecule has 0 radical (unpaired) electrons. The van der Waals surface area contributed by atoms with Crippen LogP contribution < -0.4 is 15.8 Å². The van der Waals surface area contributed by atoms with Crippen LogP contribution in [0.5, 0.6) is 0 Å². The van der Waals surface area contributed by atoms with Gasteiger partial charge in [-0.1, -0.05) is 72.5 Å². The van der Waals surface area contributed by atoms with Crippen molar-refractivity contribution in [1.29, 1.82) is 0 Å². The topological polar surface area (TPSA) is 80.7 Å². The number of hydrogen-bond acceptors (Lipinski definition) is 5. The van der Waals surface area contributed by atoms with Crippen molar-refractivity contribution in [2.24, 2.45) is 5.10 Å². The summed E-state index contributed by atoms with van der Waals surface area (Å²) in [7, 11) is 0. The maximum Gasteiger partial charge on any atom is 0.433 e. The van der Waals surface area contributed by atoms with E-state index in [-0.39, 0.29) is 11.6 Å². The van der Waals surface area contributed by atoms with Gasteiger partial charge in [-0.3, -0.25) is 15.3 Å². The van der Waals surface area contributed by atoms with Crippen molar-refractivity contribution >= 4 is 40.7 Å². The van der Waals surface area contributed by atoms with Crippen LogP contribution in [-0.2, 0) is 11.8 Å². The molecule has 0 saturated heterocycles. The van der Waals surface area contributed by atoms with E-state index in [0.717, 1.165) is 10.6 Å². The Bertz CT molecular complexity index is 899. The molecule has 0 spiro atoms. The van der Waals surface area contributed by atoms with E-state index in [0.29, 0.717) is 0 Å². The fraction of sp³-hybridized carbons (Fsp3) is 0. The number of nitrogens with zero attached hydrogens (tertiary/aromatic N) is 2. The first-order valence-corrected chi connectivity index (χ1v) is 10.2. The number of rotatable bonds is 6. The summed E-state index contributed by atoms with van der Waals surface area (Å²) in [4.78, 5) is 10.1. The van der Waals surface area contributed by atoms with E-state index in [4.69, 9.17) is 16.2 Å². The Morgan fingerprint density at radius 3 is 2.04 bits per heavy atom. The summed E-state index contributed by atoms with van der Waals surface area (Å²) in [6.07, 6.45) is -0.975. The second-order valence-electron chi connectivity index (χ2n) is 5.07. The fourth-order valence-corrected chi connectivity index (χ4v) is 5.03. The van der Waals surface area contributed by atoms with Crippen molar-refractivity contribution in [3.8, 4) is 0 Å². The quantitative estimate of drug-likeness (QED) is 0.312. The second-order valence-corrected chi connectivity index (χ2v) is 9.17. The minimum absolute atomic E-state index is 0.280. The third kappa shape index (κ3) is 3.84. The van der Waals surface area contributed by atoms with Crippen molar-refractivity contribution in [2.45, 2.75) is 0 Å². The summed E-state index contributed by atoms with van der Waals surface area (Å²) in [5.74, 6) is -0.0473. The third-order valence-electron chi connectivity index (χ3n) is 3.42. The summed E-state index contributed by atoms with van der Waals surface area (Å²) in [6.45, 7) is 0. The molecular weight excluding hydrogens is 357 g/mol. The standard InChI is InChI=1S/C17H14N3O3PS/c21-20(22)17-12-11-14(23-17)13-18-19-24(25,15-7-3-1-4-8-15)16-9-5-2-6-10-16/h1-13H,(H,19,25)/b18-13+. The summed E-state index contributed by atoms with van der Waals surface area (Å²) < 4.78 is 5.06. The van der Waals surface area contributed by atoms with Crippen LogP contribution >= 0.6 is 6.19 Å². The van der Waals surface area contributed by atoms with E-state index < -0.39 is 11.1 Å². The van der Waals surface area contributed by atoms with E-state index >= 15 is 0 Å². The lowest BCUT2D eigenvalue weighted by Crippen LogP contribution is -2.24. The molecule has 25 heavy (non-hydrogen) atoms. The van der Waals surface area contributed by atoms with Crippen molar-refractivity contribution in [2.75, 3.05) is 0 Å². The van der Waals surface area contributed by atoms with E-state index in [1.54, 1.807) is 0 Å². The molecule has 0 fully saturated rings. The van der Waals surface area contributed by atoms with Gasteiger partial charge in [-0.05, 0) is 6.07 Å². The smallest absolute Gasteiger partial charge is 0.400 e. The van der Waals surface area contributed by atoms with Crippen LogP contribution in [0.1, 0.15) is 5.76 Å². The zero-order valence-electron chi connectivity index (χ0n) is 13.0. The number of hydrogen-bond donors (Lipinski definition) is 1. The van der Waals surface area contributed by atoms with Gasteiger partial charge in [0.25, 0.3) is 0 Å². The molecule has 3 aromatic rings. The van der Waals surface area contributed by atoms with Crippen LogP contribution in [-0.4, -0.2) is 11.1 Å². The Balaban J connectivity index is 1.89. The molecule has 0 unspecified atom stereocenters. The van der Waals surface area contributed by atoms with Crippen molar-refractivity contribution < 1.29 is 9.34 Å². The molecule has 3 rings (SSSR count). The first-order chi connectivity index (χ1) is 12.1. The molecule has 1 heterocycles. The average molecular weight is 371 g/mol. The van der Waals surface area contributed by atoms with Gasteiger partial charge in [0.05, 0.1) is 12.3 Å². The molecule has 0 saturated carbocycles. The summed E-state index contributed by atoms with van der Waals surface area (Å²) >= 11 is 5.94. The normalized spacial score (nSPS) is 11.5. The van der Waals surface area contributed by atoms with Gasteiger partial charge in [-0.25, -0.2) is 0 Å². The Labute approximate surface area is 149 Å². The van der Waals surface area contributed by atoms with Crippen LogP contribution in [0.2, 0.25) is 0 Å². The van der Waals surface area contributed by atoms with Crippen LogP contribution in [0.3, 0.4) is 0 Å². The van der Waals surface area contributed by atoms with Crippen LogP contribution in [0.25, 0.3) is 0 Å². The highest BCUT2D eigenvalue weighted by Gasteiger charge is 2.21. The molecule has 6 nitrogen and oxygen atoms in total. The number of hydrazone groups is 1. The molecule has 0 aliphatic rings. The predicted octanol–water partition coefficient (Wildman–Crippen LogP) is 3.16. The third-order valence-corrected chi connectivity index (χ3v) is 7.38. The highest BCUT2D eigenvalue weighted by molar-refractivity contribution is 8.20. The monoisotopic (exact) mass is 371 g/mol. The van der Waals surface area contributed by atoms with E-state index in [2.05, 4.69) is 10.3 Å². The lowest BCUT2D eigenvalue weighted by atomic mass is 10.4. The summed E-state index contributed by atoms with van der Waals surface area (Å²) in [5.41, 5.74) is 0. The highest BCUT2D eigenvalue weighted by atomic mass is 32.4. The van der Waals surface area contributed by atoms with Gasteiger partial charge >= 0.3 is 5.88 Å².